The number of benzene rings is 1. The van der Waals surface area contributed by atoms with E-state index in [4.69, 9.17) is 0 Å². The standard InChI is InChI=1S/C12H16S2/c1-9-10(2)14-12(13-9)8-11-6-4-3-5-7-11/h3-7,9-10,12H,8H2,1-2H3. The predicted octanol–water partition coefficient (Wildman–Crippen LogP) is 3.81. The van der Waals surface area contributed by atoms with E-state index < -0.39 is 0 Å². The second kappa shape index (κ2) is 4.63. The first-order chi connectivity index (χ1) is 6.75. The zero-order valence-electron chi connectivity index (χ0n) is 8.64. The summed E-state index contributed by atoms with van der Waals surface area (Å²) in [4.78, 5) is 0. The normalized spacial score (nSPS) is 32.0. The van der Waals surface area contributed by atoms with E-state index in [1.807, 2.05) is 0 Å². The van der Waals surface area contributed by atoms with Gasteiger partial charge in [-0.15, -0.1) is 23.5 Å². The van der Waals surface area contributed by atoms with Crippen LogP contribution in [0.4, 0.5) is 0 Å². The lowest BCUT2D eigenvalue weighted by molar-refractivity contribution is 0.941. The molecule has 0 bridgehead atoms. The molecule has 2 rings (SSSR count). The average molecular weight is 224 g/mol. The molecule has 0 aliphatic carbocycles. The maximum absolute atomic E-state index is 2.34. The molecule has 1 saturated heterocycles. The molecular formula is C12H16S2. The van der Waals surface area contributed by atoms with Crippen molar-refractivity contribution in [2.45, 2.75) is 35.4 Å². The van der Waals surface area contributed by atoms with Gasteiger partial charge in [-0.3, -0.25) is 0 Å². The molecule has 0 saturated carbocycles. The van der Waals surface area contributed by atoms with Crippen LogP contribution in [0, 0.1) is 0 Å². The molecule has 2 unspecified atom stereocenters. The number of rotatable bonds is 2. The smallest absolute Gasteiger partial charge is 0.0548 e. The number of thioether (sulfide) groups is 2. The lowest BCUT2D eigenvalue weighted by Crippen LogP contribution is -2.04. The lowest BCUT2D eigenvalue weighted by Gasteiger charge is -2.07. The predicted molar refractivity (Wildman–Crippen MR) is 68.0 cm³/mol. The van der Waals surface area contributed by atoms with Crippen molar-refractivity contribution in [2.75, 3.05) is 0 Å². The summed E-state index contributed by atoms with van der Waals surface area (Å²) in [5.74, 6) is 0. The molecule has 1 aliphatic heterocycles. The topological polar surface area (TPSA) is 0 Å². The van der Waals surface area contributed by atoms with Crippen molar-refractivity contribution in [3.8, 4) is 0 Å². The highest BCUT2D eigenvalue weighted by atomic mass is 32.2. The van der Waals surface area contributed by atoms with Crippen LogP contribution in [-0.2, 0) is 6.42 Å². The first-order valence-electron chi connectivity index (χ1n) is 5.10. The van der Waals surface area contributed by atoms with E-state index in [1.165, 1.54) is 12.0 Å². The molecule has 0 amide bonds. The molecule has 0 aromatic heterocycles. The first-order valence-corrected chi connectivity index (χ1v) is 6.99. The zero-order chi connectivity index (χ0) is 9.97. The largest absolute Gasteiger partial charge is 0.143 e. The van der Waals surface area contributed by atoms with E-state index in [9.17, 15) is 0 Å². The molecule has 76 valence electrons. The average Bonchev–Trinajstić information content (AvgIpc) is 2.47. The van der Waals surface area contributed by atoms with Gasteiger partial charge in [0.15, 0.2) is 0 Å². The zero-order valence-corrected chi connectivity index (χ0v) is 10.3. The van der Waals surface area contributed by atoms with Crippen LogP contribution in [0.3, 0.4) is 0 Å². The van der Waals surface area contributed by atoms with Crippen molar-refractivity contribution in [2.24, 2.45) is 0 Å². The summed E-state index contributed by atoms with van der Waals surface area (Å²) in [6, 6.07) is 10.8. The van der Waals surface area contributed by atoms with Gasteiger partial charge in [0.05, 0.1) is 4.58 Å². The second-order valence-corrected chi connectivity index (χ2v) is 7.27. The van der Waals surface area contributed by atoms with Crippen molar-refractivity contribution in [1.82, 2.24) is 0 Å². The highest BCUT2D eigenvalue weighted by Gasteiger charge is 2.29. The van der Waals surface area contributed by atoms with Crippen molar-refractivity contribution < 1.29 is 0 Å². The van der Waals surface area contributed by atoms with Crippen molar-refractivity contribution in [3.63, 3.8) is 0 Å². The van der Waals surface area contributed by atoms with Gasteiger partial charge >= 0.3 is 0 Å². The minimum Gasteiger partial charge on any atom is -0.143 e. The second-order valence-electron chi connectivity index (χ2n) is 3.80. The van der Waals surface area contributed by atoms with Gasteiger partial charge in [-0.1, -0.05) is 44.2 Å². The third-order valence-electron chi connectivity index (χ3n) is 2.64. The maximum Gasteiger partial charge on any atom is 0.0548 e. The minimum absolute atomic E-state index is 0.766. The van der Waals surface area contributed by atoms with Crippen LogP contribution in [0.25, 0.3) is 0 Å². The molecule has 14 heavy (non-hydrogen) atoms. The Labute approximate surface area is 94.9 Å². The lowest BCUT2D eigenvalue weighted by atomic mass is 10.2. The molecule has 0 radical (unpaired) electrons. The monoisotopic (exact) mass is 224 g/mol. The van der Waals surface area contributed by atoms with Gasteiger partial charge in [0.2, 0.25) is 0 Å². The van der Waals surface area contributed by atoms with E-state index in [1.54, 1.807) is 0 Å². The molecule has 0 nitrogen and oxygen atoms in total. The van der Waals surface area contributed by atoms with Crippen LogP contribution < -0.4 is 0 Å². The van der Waals surface area contributed by atoms with Gasteiger partial charge in [-0.2, -0.15) is 0 Å². The Bertz CT molecular complexity index is 274. The Balaban J connectivity index is 1.94. The molecule has 1 fully saturated rings. The van der Waals surface area contributed by atoms with E-state index >= 15 is 0 Å². The summed E-state index contributed by atoms with van der Waals surface area (Å²) >= 11 is 4.26. The summed E-state index contributed by atoms with van der Waals surface area (Å²) in [7, 11) is 0. The molecular weight excluding hydrogens is 208 g/mol. The molecule has 0 N–H and O–H groups in total. The van der Waals surface area contributed by atoms with Crippen LogP contribution in [-0.4, -0.2) is 15.1 Å². The molecule has 2 heteroatoms. The highest BCUT2D eigenvalue weighted by Crippen LogP contribution is 2.44. The Morgan fingerprint density at radius 1 is 1.00 bits per heavy atom. The van der Waals surface area contributed by atoms with Gasteiger partial charge in [0, 0.05) is 10.5 Å². The Kier molecular flexibility index (Phi) is 3.45. The quantitative estimate of drug-likeness (QED) is 0.749. The summed E-state index contributed by atoms with van der Waals surface area (Å²) in [6.07, 6.45) is 1.21. The summed E-state index contributed by atoms with van der Waals surface area (Å²) in [6.45, 7) is 4.68. The Morgan fingerprint density at radius 2 is 1.57 bits per heavy atom. The van der Waals surface area contributed by atoms with E-state index in [-0.39, 0.29) is 0 Å². The molecule has 1 aromatic carbocycles. The Morgan fingerprint density at radius 3 is 2.14 bits per heavy atom. The fourth-order valence-electron chi connectivity index (χ4n) is 1.63. The van der Waals surface area contributed by atoms with Crippen LogP contribution in [0.5, 0.6) is 0 Å². The number of hydrogen-bond acceptors (Lipinski definition) is 2. The maximum atomic E-state index is 2.34. The van der Waals surface area contributed by atoms with Crippen molar-refractivity contribution in [3.05, 3.63) is 35.9 Å². The van der Waals surface area contributed by atoms with Gasteiger partial charge in [0.25, 0.3) is 0 Å². The SMILES string of the molecule is CC1SC(Cc2ccccc2)SC1C. The first kappa shape index (κ1) is 10.4. The molecule has 1 aromatic rings. The van der Waals surface area contributed by atoms with E-state index in [0.29, 0.717) is 0 Å². The van der Waals surface area contributed by atoms with E-state index in [0.717, 1.165) is 15.1 Å². The van der Waals surface area contributed by atoms with Crippen LogP contribution >= 0.6 is 23.5 Å². The molecule has 2 atom stereocenters. The molecule has 0 spiro atoms. The van der Waals surface area contributed by atoms with Gasteiger partial charge in [-0.25, -0.2) is 0 Å². The minimum atomic E-state index is 0.766. The van der Waals surface area contributed by atoms with Gasteiger partial charge in [0.1, 0.15) is 0 Å². The third-order valence-corrected chi connectivity index (χ3v) is 6.09. The van der Waals surface area contributed by atoms with E-state index in [2.05, 4.69) is 67.7 Å². The fraction of sp³-hybridized carbons (Fsp3) is 0.500. The summed E-state index contributed by atoms with van der Waals surface area (Å²) < 4.78 is 0.766. The Hall–Kier alpha value is -0.0800. The molecule has 1 aliphatic rings. The van der Waals surface area contributed by atoms with Crippen molar-refractivity contribution >= 4 is 23.5 Å². The van der Waals surface area contributed by atoms with Gasteiger partial charge in [-0.05, 0) is 12.0 Å². The van der Waals surface area contributed by atoms with Crippen molar-refractivity contribution in [1.29, 1.82) is 0 Å². The van der Waals surface area contributed by atoms with Crippen LogP contribution in [0.15, 0.2) is 30.3 Å². The number of hydrogen-bond donors (Lipinski definition) is 0. The van der Waals surface area contributed by atoms with Crippen LogP contribution in [0.2, 0.25) is 0 Å². The van der Waals surface area contributed by atoms with Gasteiger partial charge < -0.3 is 0 Å². The fourth-order valence-corrected chi connectivity index (χ4v) is 5.31. The summed E-state index contributed by atoms with van der Waals surface area (Å²) in [5.41, 5.74) is 1.47. The van der Waals surface area contributed by atoms with Crippen LogP contribution in [0.1, 0.15) is 19.4 Å². The third kappa shape index (κ3) is 2.48. The highest BCUT2D eigenvalue weighted by molar-refractivity contribution is 8.20. The summed E-state index contributed by atoms with van der Waals surface area (Å²) in [5, 5.41) is 1.63. The molecule has 1 heterocycles.